The number of nitrogen functional groups attached to an aromatic ring is 1. The molecule has 2 aromatic rings. The van der Waals surface area contributed by atoms with Gasteiger partial charge in [0, 0.05) is 18.0 Å². The summed E-state index contributed by atoms with van der Waals surface area (Å²) in [6.07, 6.45) is 7.00. The Hall–Kier alpha value is -1.84. The summed E-state index contributed by atoms with van der Waals surface area (Å²) in [6, 6.07) is 7.96. The Labute approximate surface area is 124 Å². The molecule has 4 heteroatoms. The third-order valence-electron chi connectivity index (χ3n) is 5.22. The van der Waals surface area contributed by atoms with Crippen LogP contribution in [0.3, 0.4) is 0 Å². The Bertz CT molecular complexity index is 636. The third kappa shape index (κ3) is 2.43. The molecule has 2 saturated carbocycles. The fourth-order valence-corrected chi connectivity index (χ4v) is 4.08. The van der Waals surface area contributed by atoms with E-state index < -0.39 is 0 Å². The van der Waals surface area contributed by atoms with Gasteiger partial charge >= 0.3 is 0 Å². The number of hydrogen-bond donors (Lipinski definition) is 1. The second-order valence-electron chi connectivity index (χ2n) is 6.53. The summed E-state index contributed by atoms with van der Waals surface area (Å²) < 4.78 is 5.44. The van der Waals surface area contributed by atoms with E-state index in [1.54, 1.807) is 0 Å². The number of aromatic nitrogens is 2. The molecule has 110 valence electrons. The van der Waals surface area contributed by atoms with Gasteiger partial charge in [0.25, 0.3) is 0 Å². The van der Waals surface area contributed by atoms with Gasteiger partial charge in [-0.25, -0.2) is 0 Å². The number of nitrogens with two attached hydrogens (primary N) is 1. The zero-order chi connectivity index (χ0) is 14.2. The topological polar surface area (TPSA) is 64.9 Å². The molecular formula is C17H21N3O. The number of nitrogens with zero attached hydrogens (tertiary/aromatic N) is 2. The van der Waals surface area contributed by atoms with Crippen LogP contribution in [0, 0.1) is 11.8 Å². The normalized spacial score (nSPS) is 27.3. The van der Waals surface area contributed by atoms with Gasteiger partial charge in [0.2, 0.25) is 5.89 Å². The summed E-state index contributed by atoms with van der Waals surface area (Å²) in [5.74, 6) is 3.94. The maximum Gasteiger partial charge on any atom is 0.226 e. The van der Waals surface area contributed by atoms with Crippen LogP contribution in [-0.2, 0) is 12.8 Å². The molecule has 2 fully saturated rings. The van der Waals surface area contributed by atoms with Crippen molar-refractivity contribution in [2.75, 3.05) is 5.73 Å². The van der Waals surface area contributed by atoms with E-state index >= 15 is 0 Å². The number of aryl methyl sites for hydroxylation is 2. The Kier molecular flexibility index (Phi) is 3.17. The fourth-order valence-electron chi connectivity index (χ4n) is 4.08. The van der Waals surface area contributed by atoms with Crippen molar-refractivity contribution in [1.82, 2.24) is 10.1 Å². The number of para-hydroxylation sites is 1. The molecule has 4 rings (SSSR count). The lowest BCUT2D eigenvalue weighted by atomic mass is 9.88. The lowest BCUT2D eigenvalue weighted by Gasteiger charge is -2.17. The molecule has 4 nitrogen and oxygen atoms in total. The van der Waals surface area contributed by atoms with Gasteiger partial charge in [-0.2, -0.15) is 4.98 Å². The maximum absolute atomic E-state index is 5.96. The molecule has 3 atom stereocenters. The van der Waals surface area contributed by atoms with Crippen molar-refractivity contribution in [3.05, 3.63) is 41.5 Å². The monoisotopic (exact) mass is 283 g/mol. The van der Waals surface area contributed by atoms with Crippen LogP contribution in [0.4, 0.5) is 5.69 Å². The summed E-state index contributed by atoms with van der Waals surface area (Å²) >= 11 is 0. The van der Waals surface area contributed by atoms with Gasteiger partial charge in [-0.05, 0) is 49.1 Å². The quantitative estimate of drug-likeness (QED) is 0.874. The van der Waals surface area contributed by atoms with Crippen molar-refractivity contribution in [1.29, 1.82) is 0 Å². The summed E-state index contributed by atoms with van der Waals surface area (Å²) in [5.41, 5.74) is 7.95. The van der Waals surface area contributed by atoms with E-state index in [9.17, 15) is 0 Å². The van der Waals surface area contributed by atoms with Gasteiger partial charge in [-0.1, -0.05) is 29.8 Å². The SMILES string of the molecule is Nc1ccccc1CCc1nc(C2CC3CCC2C3)no1. The van der Waals surface area contributed by atoms with Crippen molar-refractivity contribution in [2.45, 2.75) is 44.4 Å². The van der Waals surface area contributed by atoms with E-state index in [0.29, 0.717) is 5.92 Å². The first-order valence-corrected chi connectivity index (χ1v) is 7.95. The van der Waals surface area contributed by atoms with Crippen LogP contribution in [-0.4, -0.2) is 10.1 Å². The van der Waals surface area contributed by atoms with Crippen LogP contribution in [0.25, 0.3) is 0 Å². The second-order valence-corrected chi connectivity index (χ2v) is 6.53. The third-order valence-corrected chi connectivity index (χ3v) is 5.22. The van der Waals surface area contributed by atoms with Crippen LogP contribution >= 0.6 is 0 Å². The molecule has 2 aliphatic carbocycles. The predicted molar refractivity (Wildman–Crippen MR) is 80.7 cm³/mol. The van der Waals surface area contributed by atoms with Crippen molar-refractivity contribution < 1.29 is 4.52 Å². The minimum absolute atomic E-state index is 0.544. The summed E-state index contributed by atoms with van der Waals surface area (Å²) in [5, 5.41) is 4.23. The zero-order valence-electron chi connectivity index (χ0n) is 12.2. The van der Waals surface area contributed by atoms with Crippen LogP contribution in [0.1, 0.15) is 48.9 Å². The molecule has 3 unspecified atom stereocenters. The number of fused-ring (bicyclic) bond motifs is 2. The highest BCUT2D eigenvalue weighted by Crippen LogP contribution is 2.52. The minimum atomic E-state index is 0.544. The number of hydrogen-bond acceptors (Lipinski definition) is 4. The van der Waals surface area contributed by atoms with E-state index in [1.807, 2.05) is 18.2 Å². The van der Waals surface area contributed by atoms with Crippen LogP contribution < -0.4 is 5.73 Å². The molecule has 1 aromatic carbocycles. The molecule has 0 radical (unpaired) electrons. The minimum Gasteiger partial charge on any atom is -0.399 e. The first-order chi connectivity index (χ1) is 10.3. The number of benzene rings is 1. The Morgan fingerprint density at radius 3 is 2.81 bits per heavy atom. The van der Waals surface area contributed by atoms with Crippen LogP contribution in [0.2, 0.25) is 0 Å². The fraction of sp³-hybridized carbons (Fsp3) is 0.529. The number of rotatable bonds is 4. The second kappa shape index (κ2) is 5.17. The lowest BCUT2D eigenvalue weighted by molar-refractivity contribution is 0.351. The Morgan fingerprint density at radius 2 is 2.05 bits per heavy atom. The molecule has 0 saturated heterocycles. The molecule has 2 bridgehead atoms. The highest BCUT2D eigenvalue weighted by Gasteiger charge is 2.42. The molecule has 0 spiro atoms. The van der Waals surface area contributed by atoms with Gasteiger partial charge < -0.3 is 10.3 Å². The van der Waals surface area contributed by atoms with Crippen molar-refractivity contribution in [2.24, 2.45) is 11.8 Å². The summed E-state index contributed by atoms with van der Waals surface area (Å²) in [4.78, 5) is 4.64. The average Bonchev–Trinajstić information content (AvgIpc) is 3.22. The van der Waals surface area contributed by atoms with Gasteiger partial charge in [0.05, 0.1) is 0 Å². The van der Waals surface area contributed by atoms with E-state index in [0.717, 1.165) is 47.6 Å². The smallest absolute Gasteiger partial charge is 0.226 e. The van der Waals surface area contributed by atoms with E-state index in [4.69, 9.17) is 10.3 Å². The number of anilines is 1. The van der Waals surface area contributed by atoms with E-state index in [-0.39, 0.29) is 0 Å². The summed E-state index contributed by atoms with van der Waals surface area (Å²) in [6.45, 7) is 0. The first-order valence-electron chi connectivity index (χ1n) is 7.95. The first kappa shape index (κ1) is 12.9. The Balaban J connectivity index is 1.42. The highest BCUT2D eigenvalue weighted by molar-refractivity contribution is 5.46. The van der Waals surface area contributed by atoms with Crippen molar-refractivity contribution >= 4 is 5.69 Å². The van der Waals surface area contributed by atoms with Gasteiger partial charge in [-0.15, -0.1) is 0 Å². The zero-order valence-corrected chi connectivity index (χ0v) is 12.2. The largest absolute Gasteiger partial charge is 0.399 e. The van der Waals surface area contributed by atoms with Crippen LogP contribution in [0.15, 0.2) is 28.8 Å². The molecule has 1 heterocycles. The predicted octanol–water partition coefficient (Wildman–Crippen LogP) is 3.34. The molecule has 21 heavy (non-hydrogen) atoms. The molecule has 0 aliphatic heterocycles. The average molecular weight is 283 g/mol. The van der Waals surface area contributed by atoms with Crippen molar-refractivity contribution in [3.63, 3.8) is 0 Å². The standard InChI is InChI=1S/C17H21N3O/c18-15-4-2-1-3-12(15)7-8-16-19-17(20-21-16)14-10-11-5-6-13(14)9-11/h1-4,11,13-14H,5-10,18H2. The van der Waals surface area contributed by atoms with E-state index in [2.05, 4.69) is 16.2 Å². The van der Waals surface area contributed by atoms with Gasteiger partial charge in [0.15, 0.2) is 5.82 Å². The van der Waals surface area contributed by atoms with Crippen molar-refractivity contribution in [3.8, 4) is 0 Å². The molecule has 0 amide bonds. The summed E-state index contributed by atoms with van der Waals surface area (Å²) in [7, 11) is 0. The van der Waals surface area contributed by atoms with Gasteiger partial charge in [0.1, 0.15) is 0 Å². The highest BCUT2D eigenvalue weighted by atomic mass is 16.5. The van der Waals surface area contributed by atoms with Crippen LogP contribution in [0.5, 0.6) is 0 Å². The maximum atomic E-state index is 5.96. The molecule has 2 N–H and O–H groups in total. The molecule has 1 aromatic heterocycles. The lowest BCUT2D eigenvalue weighted by Crippen LogP contribution is -2.10. The van der Waals surface area contributed by atoms with Gasteiger partial charge in [-0.3, -0.25) is 0 Å². The molecule has 2 aliphatic rings. The molecular weight excluding hydrogens is 262 g/mol. The van der Waals surface area contributed by atoms with E-state index in [1.165, 1.54) is 25.7 Å². The Morgan fingerprint density at radius 1 is 1.14 bits per heavy atom.